The van der Waals surface area contributed by atoms with Crippen molar-refractivity contribution in [1.82, 2.24) is 0 Å². The topological polar surface area (TPSA) is 42.8 Å². The number of anilines is 1. The summed E-state index contributed by atoms with van der Waals surface area (Å²) in [5.74, 6) is 2.15. The number of aliphatic imine (C=N–C) groups is 1. The maximum absolute atomic E-state index is 6.65. The lowest BCUT2D eigenvalue weighted by atomic mass is 9.77. The lowest BCUT2D eigenvalue weighted by molar-refractivity contribution is 0.269. The molecule has 1 aliphatic heterocycles. The second-order valence-corrected chi connectivity index (χ2v) is 10.9. The molecule has 0 bridgehead atoms. The number of aryl methyl sites for hydroxylation is 1. The maximum atomic E-state index is 6.65. The molecule has 6 rings (SSSR count). The molecule has 4 aromatic carbocycles. The zero-order valence-corrected chi connectivity index (χ0v) is 23.6. The molecular weight excluding hydrogens is 516 g/mol. The van der Waals surface area contributed by atoms with Gasteiger partial charge in [0.25, 0.3) is 0 Å². The van der Waals surface area contributed by atoms with Gasteiger partial charge in [0.1, 0.15) is 6.61 Å². The lowest BCUT2D eigenvalue weighted by Crippen LogP contribution is -2.28. The van der Waals surface area contributed by atoms with E-state index in [1.807, 2.05) is 25.3 Å². The number of rotatable bonds is 8. The zero-order chi connectivity index (χ0) is 27.5. The van der Waals surface area contributed by atoms with E-state index in [1.54, 1.807) is 0 Å². The van der Waals surface area contributed by atoms with Crippen LogP contribution in [0.5, 0.6) is 11.5 Å². The first-order valence-electron chi connectivity index (χ1n) is 13.9. The normalized spacial score (nSPS) is 19.2. The largest absolute Gasteiger partial charge is 0.490 e. The lowest BCUT2D eigenvalue weighted by Gasteiger charge is -2.37. The second kappa shape index (κ2) is 11.6. The van der Waals surface area contributed by atoms with E-state index in [2.05, 4.69) is 97.2 Å². The fourth-order valence-corrected chi connectivity index (χ4v) is 5.97. The summed E-state index contributed by atoms with van der Waals surface area (Å²) in [5.41, 5.74) is 7.94. The SMILES string of the molecule is CCOc1cc(C=Nc2ccc([C@@H]3Nc4ccccc4[C@@H]4C=CC[C@@H]43)cc2)cc(Cl)c1OCc1ccc(C)cc1. The van der Waals surface area contributed by atoms with Gasteiger partial charge < -0.3 is 14.8 Å². The summed E-state index contributed by atoms with van der Waals surface area (Å²) in [5, 5.41) is 4.29. The molecule has 0 saturated heterocycles. The zero-order valence-electron chi connectivity index (χ0n) is 22.8. The Labute approximate surface area is 241 Å². The molecule has 0 spiro atoms. The third kappa shape index (κ3) is 5.50. The number of halogens is 1. The minimum Gasteiger partial charge on any atom is -0.490 e. The summed E-state index contributed by atoms with van der Waals surface area (Å²) in [7, 11) is 0. The number of nitrogens with zero attached hydrogens (tertiary/aromatic N) is 1. The van der Waals surface area contributed by atoms with Crippen LogP contribution < -0.4 is 14.8 Å². The molecule has 4 aromatic rings. The number of fused-ring (bicyclic) bond motifs is 3. The highest BCUT2D eigenvalue weighted by Crippen LogP contribution is 2.49. The first-order valence-corrected chi connectivity index (χ1v) is 14.3. The van der Waals surface area contributed by atoms with Crippen molar-refractivity contribution < 1.29 is 9.47 Å². The summed E-state index contributed by atoms with van der Waals surface area (Å²) in [6, 6.07) is 29.5. The number of nitrogens with one attached hydrogen (secondary N) is 1. The van der Waals surface area contributed by atoms with Crippen molar-refractivity contribution in [1.29, 1.82) is 0 Å². The van der Waals surface area contributed by atoms with E-state index in [4.69, 9.17) is 26.1 Å². The van der Waals surface area contributed by atoms with Gasteiger partial charge >= 0.3 is 0 Å². The predicted octanol–water partition coefficient (Wildman–Crippen LogP) is 9.20. The number of ether oxygens (including phenoxy) is 2. The average Bonchev–Trinajstić information content (AvgIpc) is 3.47. The van der Waals surface area contributed by atoms with Crippen molar-refractivity contribution >= 4 is 29.2 Å². The third-order valence-electron chi connectivity index (χ3n) is 7.72. The molecule has 5 heteroatoms. The van der Waals surface area contributed by atoms with Crippen molar-refractivity contribution in [2.45, 2.75) is 38.8 Å². The van der Waals surface area contributed by atoms with E-state index in [0.29, 0.717) is 41.6 Å². The van der Waals surface area contributed by atoms with Gasteiger partial charge in [-0.05, 0) is 78.8 Å². The Morgan fingerprint density at radius 3 is 2.58 bits per heavy atom. The number of hydrogen-bond donors (Lipinski definition) is 1. The fourth-order valence-electron chi connectivity index (χ4n) is 5.70. The molecule has 1 N–H and O–H groups in total. The molecule has 0 saturated carbocycles. The van der Waals surface area contributed by atoms with Crippen molar-refractivity contribution in [2.24, 2.45) is 10.9 Å². The van der Waals surface area contributed by atoms with Crippen LogP contribution in [0.15, 0.2) is 102 Å². The van der Waals surface area contributed by atoms with Crippen molar-refractivity contribution in [2.75, 3.05) is 11.9 Å². The molecule has 1 heterocycles. The van der Waals surface area contributed by atoms with Crippen molar-refractivity contribution in [3.8, 4) is 11.5 Å². The highest BCUT2D eigenvalue weighted by atomic mass is 35.5. The third-order valence-corrected chi connectivity index (χ3v) is 8.00. The maximum Gasteiger partial charge on any atom is 0.180 e. The van der Waals surface area contributed by atoms with Gasteiger partial charge in [0.15, 0.2) is 11.5 Å². The molecule has 0 amide bonds. The van der Waals surface area contributed by atoms with Crippen LogP contribution in [0, 0.1) is 12.8 Å². The Morgan fingerprint density at radius 2 is 1.77 bits per heavy atom. The Bertz CT molecular complexity index is 1540. The van der Waals surface area contributed by atoms with Crippen molar-refractivity contribution in [3.05, 3.63) is 130 Å². The van der Waals surface area contributed by atoms with E-state index in [1.165, 1.54) is 22.4 Å². The molecule has 0 fully saturated rings. The molecular formula is C35H33ClN2O2. The van der Waals surface area contributed by atoms with Crippen molar-refractivity contribution in [3.63, 3.8) is 0 Å². The first-order chi connectivity index (χ1) is 19.6. The monoisotopic (exact) mass is 548 g/mol. The van der Waals surface area contributed by atoms with Crippen LogP contribution in [0.3, 0.4) is 0 Å². The number of para-hydroxylation sites is 1. The summed E-state index contributed by atoms with van der Waals surface area (Å²) < 4.78 is 12.0. The van der Waals surface area contributed by atoms with Crippen LogP contribution in [0.25, 0.3) is 0 Å². The number of allylic oxidation sites excluding steroid dienone is 2. The number of benzene rings is 4. The van der Waals surface area contributed by atoms with Crippen LogP contribution >= 0.6 is 11.6 Å². The van der Waals surface area contributed by atoms with Gasteiger partial charge in [-0.3, -0.25) is 4.99 Å². The van der Waals surface area contributed by atoms with Gasteiger partial charge in [0.2, 0.25) is 0 Å². The van der Waals surface area contributed by atoms with Crippen LogP contribution in [-0.4, -0.2) is 12.8 Å². The molecule has 3 atom stereocenters. The standard InChI is InChI=1S/C35H33ClN2O2/c1-3-39-33-20-25(19-31(36)35(33)40-22-24-13-11-23(2)12-14-24)21-37-27-17-15-26(16-18-27)34-30-9-6-8-28(30)29-7-4-5-10-32(29)38-34/h4-8,10-21,28,30,34,38H,3,9,22H2,1-2H3/t28-,30-,34-/m0/s1. The van der Waals surface area contributed by atoms with E-state index in [0.717, 1.165) is 23.2 Å². The molecule has 0 unspecified atom stereocenters. The molecule has 4 nitrogen and oxygen atoms in total. The van der Waals surface area contributed by atoms with E-state index in [9.17, 15) is 0 Å². The molecule has 202 valence electrons. The minimum absolute atomic E-state index is 0.271. The summed E-state index contributed by atoms with van der Waals surface area (Å²) in [6.07, 6.45) is 7.60. The Balaban J connectivity index is 1.17. The van der Waals surface area contributed by atoms with Crippen LogP contribution in [0.1, 0.15) is 53.1 Å². The minimum atomic E-state index is 0.271. The van der Waals surface area contributed by atoms with Gasteiger partial charge in [-0.1, -0.05) is 83.9 Å². The molecule has 0 aromatic heterocycles. The molecule has 1 aliphatic carbocycles. The second-order valence-electron chi connectivity index (χ2n) is 10.4. The van der Waals surface area contributed by atoms with E-state index >= 15 is 0 Å². The van der Waals surface area contributed by atoms with Crippen LogP contribution in [0.2, 0.25) is 5.02 Å². The Kier molecular flexibility index (Phi) is 7.61. The Hall–Kier alpha value is -4.02. The summed E-state index contributed by atoms with van der Waals surface area (Å²) in [6.45, 7) is 4.94. The average molecular weight is 549 g/mol. The highest BCUT2D eigenvalue weighted by Gasteiger charge is 2.37. The highest BCUT2D eigenvalue weighted by molar-refractivity contribution is 6.32. The smallest absolute Gasteiger partial charge is 0.180 e. The molecule has 0 radical (unpaired) electrons. The van der Waals surface area contributed by atoms with Gasteiger partial charge in [-0.2, -0.15) is 0 Å². The summed E-state index contributed by atoms with van der Waals surface area (Å²) >= 11 is 6.65. The Morgan fingerprint density at radius 1 is 0.975 bits per heavy atom. The van der Waals surface area contributed by atoms with Gasteiger partial charge in [0.05, 0.1) is 23.4 Å². The fraction of sp³-hybridized carbons (Fsp3) is 0.229. The van der Waals surface area contributed by atoms with E-state index in [-0.39, 0.29) is 6.04 Å². The predicted molar refractivity (Wildman–Crippen MR) is 165 cm³/mol. The van der Waals surface area contributed by atoms with E-state index < -0.39 is 0 Å². The quantitative estimate of drug-likeness (QED) is 0.176. The van der Waals surface area contributed by atoms with Gasteiger partial charge in [-0.15, -0.1) is 0 Å². The first kappa shape index (κ1) is 26.2. The van der Waals surface area contributed by atoms with Crippen LogP contribution in [-0.2, 0) is 6.61 Å². The van der Waals surface area contributed by atoms with Crippen LogP contribution in [0.4, 0.5) is 11.4 Å². The molecule has 2 aliphatic rings. The summed E-state index contributed by atoms with van der Waals surface area (Å²) in [4.78, 5) is 4.73. The molecule has 40 heavy (non-hydrogen) atoms. The van der Waals surface area contributed by atoms with Gasteiger partial charge in [0, 0.05) is 17.8 Å². The number of hydrogen-bond acceptors (Lipinski definition) is 4. The van der Waals surface area contributed by atoms with Gasteiger partial charge in [-0.25, -0.2) is 0 Å².